The van der Waals surface area contributed by atoms with E-state index < -0.39 is 0 Å². The number of benzene rings is 2. The second-order valence-electron chi connectivity index (χ2n) is 8.03. The Labute approximate surface area is 181 Å². The van der Waals surface area contributed by atoms with Gasteiger partial charge in [-0.15, -0.1) is 0 Å². The molecule has 1 aromatic heterocycles. The van der Waals surface area contributed by atoms with Gasteiger partial charge in [0.05, 0.1) is 22.0 Å². The van der Waals surface area contributed by atoms with Gasteiger partial charge in [-0.25, -0.2) is 10.1 Å². The normalized spacial score (nSPS) is 18.6. The molecule has 0 radical (unpaired) electrons. The summed E-state index contributed by atoms with van der Waals surface area (Å²) >= 11 is 6.39. The van der Waals surface area contributed by atoms with E-state index in [1.54, 1.807) is 12.1 Å². The molecule has 1 amide bonds. The average molecular weight is 424 g/mol. The van der Waals surface area contributed by atoms with Crippen molar-refractivity contribution >= 4 is 23.2 Å². The Hall–Kier alpha value is -2.67. The predicted molar refractivity (Wildman–Crippen MR) is 120 cm³/mol. The Balaban J connectivity index is 1.65. The first kappa shape index (κ1) is 20.6. The van der Waals surface area contributed by atoms with Crippen molar-refractivity contribution in [2.75, 3.05) is 5.32 Å². The lowest BCUT2D eigenvalue weighted by atomic mass is 9.98. The van der Waals surface area contributed by atoms with Crippen LogP contribution in [0.3, 0.4) is 0 Å². The number of hydrogen-bond donors (Lipinski definition) is 3. The largest absolute Gasteiger partial charge is 0.322 e. The van der Waals surface area contributed by atoms with Gasteiger partial charge in [0, 0.05) is 23.5 Å². The summed E-state index contributed by atoms with van der Waals surface area (Å²) in [7, 11) is 0. The number of anilines is 1. The highest BCUT2D eigenvalue weighted by atomic mass is 35.5. The molecule has 1 saturated heterocycles. The van der Waals surface area contributed by atoms with Crippen molar-refractivity contribution in [3.8, 4) is 5.69 Å². The molecular formula is C23H26ClN5O. The maximum absolute atomic E-state index is 13.2. The lowest BCUT2D eigenvalue weighted by Crippen LogP contribution is -2.29. The van der Waals surface area contributed by atoms with Crippen LogP contribution in [-0.2, 0) is 0 Å². The SMILES string of the molecule is Cc1ccc(NC(=O)c2cc(-n3nc(C)cc3C)ccc2Cl)c(C2CC(C)NN2)c1. The van der Waals surface area contributed by atoms with Gasteiger partial charge in [-0.3, -0.25) is 10.2 Å². The molecule has 0 spiro atoms. The van der Waals surface area contributed by atoms with E-state index in [1.807, 2.05) is 42.8 Å². The summed E-state index contributed by atoms with van der Waals surface area (Å²) in [5.74, 6) is -0.243. The van der Waals surface area contributed by atoms with Crippen molar-refractivity contribution in [3.63, 3.8) is 0 Å². The van der Waals surface area contributed by atoms with Gasteiger partial charge in [0.1, 0.15) is 0 Å². The van der Waals surface area contributed by atoms with Crippen LogP contribution < -0.4 is 16.2 Å². The fraction of sp³-hybridized carbons (Fsp3) is 0.304. The molecule has 156 valence electrons. The van der Waals surface area contributed by atoms with E-state index in [-0.39, 0.29) is 11.9 Å². The number of nitrogens with zero attached hydrogens (tertiary/aromatic N) is 2. The van der Waals surface area contributed by atoms with Gasteiger partial charge in [-0.1, -0.05) is 29.3 Å². The summed E-state index contributed by atoms with van der Waals surface area (Å²) < 4.78 is 1.81. The van der Waals surface area contributed by atoms with Crippen LogP contribution >= 0.6 is 11.6 Å². The number of carbonyl (C=O) groups is 1. The zero-order valence-electron chi connectivity index (χ0n) is 17.6. The number of amides is 1. The summed E-state index contributed by atoms with van der Waals surface area (Å²) in [5, 5.41) is 7.97. The van der Waals surface area contributed by atoms with E-state index in [0.717, 1.165) is 40.3 Å². The molecule has 2 atom stereocenters. The number of aromatic nitrogens is 2. The quantitative estimate of drug-likeness (QED) is 0.572. The lowest BCUT2D eigenvalue weighted by Gasteiger charge is -2.18. The molecule has 6 nitrogen and oxygen atoms in total. The molecule has 2 heterocycles. The van der Waals surface area contributed by atoms with Crippen LogP contribution in [0.4, 0.5) is 5.69 Å². The van der Waals surface area contributed by atoms with Gasteiger partial charge in [0.15, 0.2) is 0 Å². The Bertz CT molecular complexity index is 1110. The highest BCUT2D eigenvalue weighted by Gasteiger charge is 2.25. The molecule has 1 aliphatic rings. The third-order valence-corrected chi connectivity index (χ3v) is 5.70. The minimum atomic E-state index is -0.243. The monoisotopic (exact) mass is 423 g/mol. The lowest BCUT2D eigenvalue weighted by molar-refractivity contribution is 0.102. The first-order valence-electron chi connectivity index (χ1n) is 10.1. The average Bonchev–Trinajstić information content (AvgIpc) is 3.28. The van der Waals surface area contributed by atoms with Gasteiger partial charge in [-0.2, -0.15) is 5.10 Å². The molecule has 4 rings (SSSR count). The predicted octanol–water partition coefficient (Wildman–Crippen LogP) is 4.63. The van der Waals surface area contributed by atoms with E-state index in [2.05, 4.69) is 41.2 Å². The number of nitrogens with one attached hydrogen (secondary N) is 3. The standard InChI is InChI=1S/C23H26ClN5O/c1-13-5-8-21(19(9-13)22-11-14(2)26-27-22)25-23(30)18-12-17(6-7-20(18)24)29-16(4)10-15(3)28-29/h5-10,12,14,22,26-27H,11H2,1-4H3,(H,25,30). The number of aryl methyl sites for hydroxylation is 3. The summed E-state index contributed by atoms with van der Waals surface area (Å²) in [5.41, 5.74) is 12.7. The van der Waals surface area contributed by atoms with Crippen LogP contribution in [-0.4, -0.2) is 21.7 Å². The zero-order valence-corrected chi connectivity index (χ0v) is 18.3. The van der Waals surface area contributed by atoms with Crippen LogP contribution in [0, 0.1) is 20.8 Å². The van der Waals surface area contributed by atoms with Crippen molar-refractivity contribution in [3.05, 3.63) is 75.6 Å². The molecular weight excluding hydrogens is 398 g/mol. The fourth-order valence-electron chi connectivity index (χ4n) is 3.90. The molecule has 7 heteroatoms. The molecule has 0 saturated carbocycles. The molecule has 2 aromatic carbocycles. The number of hydrogen-bond acceptors (Lipinski definition) is 4. The van der Waals surface area contributed by atoms with Crippen LogP contribution in [0.1, 0.15) is 52.3 Å². The smallest absolute Gasteiger partial charge is 0.257 e. The van der Waals surface area contributed by atoms with Crippen molar-refractivity contribution in [2.45, 2.75) is 46.2 Å². The molecule has 3 N–H and O–H groups in total. The summed E-state index contributed by atoms with van der Waals surface area (Å²) in [4.78, 5) is 13.2. The van der Waals surface area contributed by atoms with E-state index in [9.17, 15) is 4.79 Å². The Morgan fingerprint density at radius 2 is 1.93 bits per heavy atom. The molecule has 1 aliphatic heterocycles. The maximum Gasteiger partial charge on any atom is 0.257 e. The van der Waals surface area contributed by atoms with Crippen molar-refractivity contribution in [1.82, 2.24) is 20.6 Å². The van der Waals surface area contributed by atoms with Gasteiger partial charge in [-0.05, 0) is 70.0 Å². The van der Waals surface area contributed by atoms with Crippen LogP contribution in [0.2, 0.25) is 5.02 Å². The van der Waals surface area contributed by atoms with Gasteiger partial charge in [0.25, 0.3) is 5.91 Å². The van der Waals surface area contributed by atoms with E-state index in [4.69, 9.17) is 11.6 Å². The van der Waals surface area contributed by atoms with E-state index >= 15 is 0 Å². The fourth-order valence-corrected chi connectivity index (χ4v) is 4.11. The van der Waals surface area contributed by atoms with Crippen LogP contribution in [0.5, 0.6) is 0 Å². The summed E-state index contributed by atoms with van der Waals surface area (Å²) in [6.45, 7) is 8.11. The third kappa shape index (κ3) is 4.12. The minimum absolute atomic E-state index is 0.131. The minimum Gasteiger partial charge on any atom is -0.322 e. The molecule has 3 aromatic rings. The summed E-state index contributed by atoms with van der Waals surface area (Å²) in [6.07, 6.45) is 0.945. The molecule has 30 heavy (non-hydrogen) atoms. The Kier molecular flexibility index (Phi) is 5.64. The molecule has 1 fully saturated rings. The van der Waals surface area contributed by atoms with Crippen molar-refractivity contribution < 1.29 is 4.79 Å². The number of hydrazine groups is 1. The van der Waals surface area contributed by atoms with Crippen LogP contribution in [0.15, 0.2) is 42.5 Å². The Morgan fingerprint density at radius 3 is 2.60 bits per heavy atom. The van der Waals surface area contributed by atoms with Crippen LogP contribution in [0.25, 0.3) is 5.69 Å². The molecule has 2 unspecified atom stereocenters. The summed E-state index contributed by atoms with van der Waals surface area (Å²) in [6, 6.07) is 13.9. The first-order valence-corrected chi connectivity index (χ1v) is 10.5. The zero-order chi connectivity index (χ0) is 21.4. The number of rotatable bonds is 4. The Morgan fingerprint density at radius 1 is 1.13 bits per heavy atom. The highest BCUT2D eigenvalue weighted by Crippen LogP contribution is 2.30. The molecule has 0 aliphatic carbocycles. The number of halogens is 1. The van der Waals surface area contributed by atoms with Gasteiger partial charge in [0.2, 0.25) is 0 Å². The first-order chi connectivity index (χ1) is 14.3. The second-order valence-corrected chi connectivity index (χ2v) is 8.43. The topological polar surface area (TPSA) is 71.0 Å². The van der Waals surface area contributed by atoms with Crippen molar-refractivity contribution in [1.29, 1.82) is 0 Å². The second kappa shape index (κ2) is 8.22. The van der Waals surface area contributed by atoms with Crippen molar-refractivity contribution in [2.24, 2.45) is 0 Å². The maximum atomic E-state index is 13.2. The van der Waals surface area contributed by atoms with E-state index in [0.29, 0.717) is 16.6 Å². The van der Waals surface area contributed by atoms with Gasteiger partial charge >= 0.3 is 0 Å². The number of carbonyl (C=O) groups excluding carboxylic acids is 1. The highest BCUT2D eigenvalue weighted by molar-refractivity contribution is 6.34. The van der Waals surface area contributed by atoms with E-state index in [1.165, 1.54) is 0 Å². The third-order valence-electron chi connectivity index (χ3n) is 5.37. The van der Waals surface area contributed by atoms with Gasteiger partial charge < -0.3 is 5.32 Å². The molecule has 0 bridgehead atoms.